The molecule has 4 aliphatic rings. The maximum Gasteiger partial charge on any atom is 0.287 e. The fraction of sp³-hybridized carbons (Fsp3) is 0.450. The summed E-state index contributed by atoms with van der Waals surface area (Å²) in [4.78, 5) is 26.1. The Morgan fingerprint density at radius 1 is 1.19 bits per heavy atom. The highest BCUT2D eigenvalue weighted by Crippen LogP contribution is 2.43. The summed E-state index contributed by atoms with van der Waals surface area (Å²) in [5.41, 5.74) is 0.997. The predicted octanol–water partition coefficient (Wildman–Crippen LogP) is 2.92. The molecule has 6 rings (SSSR count). The van der Waals surface area contributed by atoms with Crippen LogP contribution in [0, 0.1) is 27.9 Å². The van der Waals surface area contributed by atoms with Crippen LogP contribution in [0.25, 0.3) is 11.1 Å². The Morgan fingerprint density at radius 3 is 2.63 bits per heavy atom. The van der Waals surface area contributed by atoms with Crippen molar-refractivity contribution < 1.29 is 14.1 Å². The van der Waals surface area contributed by atoms with Crippen LogP contribution in [-0.4, -0.2) is 41.4 Å². The van der Waals surface area contributed by atoms with E-state index in [-0.39, 0.29) is 23.4 Å². The molecule has 4 heterocycles. The Hall–Kier alpha value is -2.67. The normalized spacial score (nSPS) is 31.0. The molecule has 3 aliphatic heterocycles. The van der Waals surface area contributed by atoms with Gasteiger partial charge in [0.25, 0.3) is 11.6 Å². The number of nitro groups is 1. The molecule has 3 unspecified atom stereocenters. The van der Waals surface area contributed by atoms with Gasteiger partial charge in [0.2, 0.25) is 0 Å². The van der Waals surface area contributed by atoms with Gasteiger partial charge in [-0.15, -0.1) is 0 Å². The first-order valence-electron chi connectivity index (χ1n) is 9.44. The zero-order valence-electron chi connectivity index (χ0n) is 14.8. The van der Waals surface area contributed by atoms with Crippen LogP contribution in [0.1, 0.15) is 23.4 Å². The van der Waals surface area contributed by atoms with E-state index in [1.807, 2.05) is 0 Å². The molecule has 2 aromatic rings. The van der Waals surface area contributed by atoms with E-state index in [1.54, 1.807) is 24.3 Å². The van der Waals surface area contributed by atoms with Crippen LogP contribution in [0.4, 0.5) is 5.69 Å². The zero-order chi connectivity index (χ0) is 18.5. The Labute approximate surface area is 156 Å². The van der Waals surface area contributed by atoms with Crippen LogP contribution in [0.2, 0.25) is 0 Å². The number of rotatable bonds is 4. The molecule has 1 aromatic carbocycles. The van der Waals surface area contributed by atoms with E-state index in [4.69, 9.17) is 4.42 Å². The van der Waals surface area contributed by atoms with Crippen LogP contribution in [0.5, 0.6) is 0 Å². The maximum atomic E-state index is 12.7. The van der Waals surface area contributed by atoms with Crippen molar-refractivity contribution in [2.45, 2.75) is 18.9 Å². The second-order valence-electron chi connectivity index (χ2n) is 8.05. The molecule has 1 aliphatic carbocycles. The Balaban J connectivity index is 1.35. The van der Waals surface area contributed by atoms with Gasteiger partial charge in [0.1, 0.15) is 0 Å². The van der Waals surface area contributed by atoms with Crippen molar-refractivity contribution in [1.29, 1.82) is 0 Å². The predicted molar refractivity (Wildman–Crippen MR) is 98.2 cm³/mol. The van der Waals surface area contributed by atoms with E-state index in [0.29, 0.717) is 23.0 Å². The Kier molecular flexibility index (Phi) is 3.79. The van der Waals surface area contributed by atoms with Crippen molar-refractivity contribution in [3.8, 4) is 11.1 Å². The number of furan rings is 1. The van der Waals surface area contributed by atoms with Crippen molar-refractivity contribution in [1.82, 2.24) is 10.2 Å². The van der Waals surface area contributed by atoms with E-state index in [2.05, 4.69) is 10.2 Å². The lowest BCUT2D eigenvalue weighted by Gasteiger charge is -2.55. The van der Waals surface area contributed by atoms with Crippen LogP contribution in [-0.2, 0) is 0 Å². The van der Waals surface area contributed by atoms with Crippen molar-refractivity contribution in [3.63, 3.8) is 0 Å². The largest absolute Gasteiger partial charge is 0.459 e. The average Bonchev–Trinajstić information content (AvgIpc) is 3.14. The highest BCUT2D eigenvalue weighted by Gasteiger charge is 2.48. The minimum atomic E-state index is -0.425. The summed E-state index contributed by atoms with van der Waals surface area (Å²) in [6.07, 6.45) is 3.80. The highest BCUT2D eigenvalue weighted by atomic mass is 16.6. The molecule has 7 heteroatoms. The third kappa shape index (κ3) is 2.82. The van der Waals surface area contributed by atoms with Crippen LogP contribution in [0.15, 0.2) is 41.0 Å². The summed E-state index contributed by atoms with van der Waals surface area (Å²) >= 11 is 0. The summed E-state index contributed by atoms with van der Waals surface area (Å²) in [6, 6.07) is 8.27. The quantitative estimate of drug-likeness (QED) is 0.663. The van der Waals surface area contributed by atoms with E-state index in [9.17, 15) is 14.9 Å². The first-order valence-corrected chi connectivity index (χ1v) is 9.44. The van der Waals surface area contributed by atoms with Gasteiger partial charge < -0.3 is 14.6 Å². The highest BCUT2D eigenvalue weighted by molar-refractivity contribution is 5.93. The summed E-state index contributed by atoms with van der Waals surface area (Å²) in [5.74, 6) is 1.80. The first-order chi connectivity index (χ1) is 13.1. The zero-order valence-corrected chi connectivity index (χ0v) is 14.8. The molecule has 5 atom stereocenters. The molecule has 0 radical (unpaired) electrons. The van der Waals surface area contributed by atoms with E-state index < -0.39 is 4.92 Å². The van der Waals surface area contributed by atoms with Crippen molar-refractivity contribution in [3.05, 3.63) is 52.5 Å². The monoisotopic (exact) mass is 367 g/mol. The number of nitro benzene ring substituents is 1. The molecule has 7 nitrogen and oxygen atoms in total. The van der Waals surface area contributed by atoms with Crippen molar-refractivity contribution >= 4 is 11.6 Å². The van der Waals surface area contributed by atoms with E-state index in [1.165, 1.54) is 31.7 Å². The number of hydrogen-bond donors (Lipinski definition) is 1. The smallest absolute Gasteiger partial charge is 0.287 e. The number of amides is 1. The number of carbonyl (C=O) groups is 1. The number of benzene rings is 1. The van der Waals surface area contributed by atoms with Gasteiger partial charge in [-0.3, -0.25) is 14.9 Å². The van der Waals surface area contributed by atoms with Gasteiger partial charge in [0.05, 0.1) is 16.7 Å². The minimum Gasteiger partial charge on any atom is -0.459 e. The number of hydrogen-bond acceptors (Lipinski definition) is 5. The SMILES string of the molecule is O=C(NC1[C@@H]2CC3C[C@H]1CN(C3)C2)c1cc(-c2ccccc2[N+](=O)[O-])co1. The molecule has 4 fully saturated rings. The summed E-state index contributed by atoms with van der Waals surface area (Å²) in [6.45, 7) is 3.35. The van der Waals surface area contributed by atoms with Crippen LogP contribution in [0.3, 0.4) is 0 Å². The Morgan fingerprint density at radius 2 is 1.93 bits per heavy atom. The lowest BCUT2D eigenvalue weighted by atomic mass is 9.65. The van der Waals surface area contributed by atoms with Gasteiger partial charge in [-0.1, -0.05) is 12.1 Å². The molecule has 1 aromatic heterocycles. The summed E-state index contributed by atoms with van der Waals surface area (Å²) in [5, 5.41) is 14.4. The third-order valence-corrected chi connectivity index (χ3v) is 6.32. The third-order valence-electron chi connectivity index (χ3n) is 6.32. The molecule has 4 bridgehead atoms. The van der Waals surface area contributed by atoms with Crippen LogP contribution < -0.4 is 5.32 Å². The number of piperidine rings is 3. The number of carbonyl (C=O) groups excluding carboxylic acids is 1. The average molecular weight is 367 g/mol. The van der Waals surface area contributed by atoms with Crippen molar-refractivity contribution in [2.75, 3.05) is 19.6 Å². The van der Waals surface area contributed by atoms with Gasteiger partial charge in [-0.25, -0.2) is 0 Å². The molecule has 140 valence electrons. The lowest BCUT2D eigenvalue weighted by molar-refractivity contribution is -0.384. The molecule has 1 saturated carbocycles. The fourth-order valence-corrected chi connectivity index (χ4v) is 5.34. The molecule has 0 spiro atoms. The second-order valence-corrected chi connectivity index (χ2v) is 8.05. The molecular weight excluding hydrogens is 346 g/mol. The van der Waals surface area contributed by atoms with Crippen LogP contribution >= 0.6 is 0 Å². The van der Waals surface area contributed by atoms with Gasteiger partial charge in [-0.05, 0) is 42.7 Å². The van der Waals surface area contributed by atoms with E-state index >= 15 is 0 Å². The van der Waals surface area contributed by atoms with Gasteiger partial charge >= 0.3 is 0 Å². The summed E-state index contributed by atoms with van der Waals surface area (Å²) in [7, 11) is 0. The van der Waals surface area contributed by atoms with Gasteiger partial charge in [-0.2, -0.15) is 0 Å². The first kappa shape index (κ1) is 16.5. The topological polar surface area (TPSA) is 88.6 Å². The van der Waals surface area contributed by atoms with E-state index in [0.717, 1.165) is 19.0 Å². The number of para-hydroxylation sites is 1. The molecule has 1 N–H and O–H groups in total. The van der Waals surface area contributed by atoms with Gasteiger partial charge in [0, 0.05) is 37.3 Å². The summed E-state index contributed by atoms with van der Waals surface area (Å²) < 4.78 is 5.46. The second kappa shape index (κ2) is 6.20. The Bertz CT molecular complexity index is 878. The van der Waals surface area contributed by atoms with Gasteiger partial charge in [0.15, 0.2) is 5.76 Å². The standard InChI is InChI=1S/C20H21N3O4/c24-20(21-19-13-5-12-6-14(19)10-22(8-12)9-13)18-7-15(11-27-18)16-3-1-2-4-17(16)23(25)26/h1-4,7,11-14,19H,5-6,8-10H2,(H,21,24)/t12?,13-,14+,19?. The molecule has 3 saturated heterocycles. The maximum absolute atomic E-state index is 12.7. The van der Waals surface area contributed by atoms with Crippen molar-refractivity contribution in [2.24, 2.45) is 17.8 Å². The number of nitrogens with zero attached hydrogens (tertiary/aromatic N) is 2. The molecule has 27 heavy (non-hydrogen) atoms. The number of nitrogens with one attached hydrogen (secondary N) is 1. The fourth-order valence-electron chi connectivity index (χ4n) is 5.34. The minimum absolute atomic E-state index is 0.000320. The lowest BCUT2D eigenvalue weighted by Crippen LogP contribution is -2.64. The molecule has 1 amide bonds. The molecular formula is C20H21N3O4.